The minimum Gasteiger partial charge on any atom is -0.491 e. The van der Waals surface area contributed by atoms with Crippen LogP contribution in [0.4, 0.5) is 4.39 Å². The molecule has 1 atom stereocenters. The molecular formula is C34H36FNO3. The van der Waals surface area contributed by atoms with E-state index in [0.29, 0.717) is 12.2 Å². The summed E-state index contributed by atoms with van der Waals surface area (Å²) in [5.41, 5.74) is 2.45. The first-order valence-corrected chi connectivity index (χ1v) is 13.3. The van der Waals surface area contributed by atoms with Crippen LogP contribution >= 0.6 is 0 Å². The van der Waals surface area contributed by atoms with E-state index in [1.165, 1.54) is 0 Å². The lowest BCUT2D eigenvalue weighted by Crippen LogP contribution is -2.54. The number of halogens is 1. The molecule has 39 heavy (non-hydrogen) atoms. The minimum atomic E-state index is -0.838. The average molecular weight is 525 g/mol. The predicted octanol–water partition coefficient (Wildman–Crippen LogP) is 6.87. The monoisotopic (exact) mass is 524 g/mol. The van der Waals surface area contributed by atoms with Crippen molar-refractivity contribution in [2.75, 3.05) is 13.3 Å². The van der Waals surface area contributed by atoms with E-state index in [0.717, 1.165) is 22.3 Å². The maximum absolute atomic E-state index is 13.8. The lowest BCUT2D eigenvalue weighted by Gasteiger charge is -2.40. The molecule has 4 rings (SSSR count). The van der Waals surface area contributed by atoms with Crippen LogP contribution in [-0.2, 0) is 21.5 Å². The molecule has 0 saturated heterocycles. The molecule has 0 unspecified atom stereocenters. The summed E-state index contributed by atoms with van der Waals surface area (Å²) in [6.07, 6.45) is 0.382. The Bertz CT molecular complexity index is 1210. The van der Waals surface area contributed by atoms with Gasteiger partial charge in [0.15, 0.2) is 0 Å². The van der Waals surface area contributed by atoms with E-state index in [4.69, 9.17) is 9.47 Å². The molecule has 0 radical (unpaired) electrons. The third-order valence-electron chi connectivity index (χ3n) is 6.41. The van der Waals surface area contributed by atoms with Crippen molar-refractivity contribution < 1.29 is 18.7 Å². The highest BCUT2D eigenvalue weighted by atomic mass is 18.2. The summed E-state index contributed by atoms with van der Waals surface area (Å²) in [6, 6.07) is 37.2. The van der Waals surface area contributed by atoms with Gasteiger partial charge < -0.3 is 9.47 Å². The Labute approximate surface area is 230 Å². The van der Waals surface area contributed by atoms with Crippen LogP contribution in [0.25, 0.3) is 0 Å². The number of alkyl halides is 1. The topological polar surface area (TPSA) is 47.6 Å². The molecule has 0 bridgehead atoms. The van der Waals surface area contributed by atoms with Gasteiger partial charge in [-0.3, -0.25) is 10.1 Å². The normalized spacial score (nSPS) is 12.5. The maximum atomic E-state index is 13.8. The highest BCUT2D eigenvalue weighted by molar-refractivity contribution is 5.77. The van der Waals surface area contributed by atoms with Gasteiger partial charge in [-0.2, -0.15) is 0 Å². The summed E-state index contributed by atoms with van der Waals surface area (Å²) in [5.74, 6) is 0.248. The first-order chi connectivity index (χ1) is 18.8. The van der Waals surface area contributed by atoms with Crippen molar-refractivity contribution in [1.29, 1.82) is 0 Å². The van der Waals surface area contributed by atoms with E-state index < -0.39 is 23.9 Å². The van der Waals surface area contributed by atoms with Crippen molar-refractivity contribution in [2.24, 2.45) is 0 Å². The fraction of sp³-hybridized carbons (Fsp3) is 0.265. The van der Waals surface area contributed by atoms with E-state index >= 15 is 0 Å². The average Bonchev–Trinajstić information content (AvgIpc) is 2.95. The Balaban J connectivity index is 1.82. The summed E-state index contributed by atoms with van der Waals surface area (Å²) in [4.78, 5) is 13.8. The van der Waals surface area contributed by atoms with Crippen LogP contribution in [0.1, 0.15) is 43.0 Å². The Morgan fingerprint density at radius 3 is 1.62 bits per heavy atom. The number of ether oxygens (including phenoxy) is 2. The van der Waals surface area contributed by atoms with Crippen LogP contribution < -0.4 is 10.1 Å². The second kappa shape index (κ2) is 12.7. The third kappa shape index (κ3) is 7.12. The summed E-state index contributed by atoms with van der Waals surface area (Å²) < 4.78 is 23.9. The zero-order valence-corrected chi connectivity index (χ0v) is 22.8. The molecule has 4 aromatic carbocycles. The number of benzene rings is 4. The molecule has 5 heteroatoms. The molecule has 4 aromatic rings. The van der Waals surface area contributed by atoms with E-state index in [9.17, 15) is 9.18 Å². The number of hydrogen-bond acceptors (Lipinski definition) is 4. The third-order valence-corrected chi connectivity index (χ3v) is 6.41. The number of carbonyl (C=O) groups is 1. The Morgan fingerprint density at radius 1 is 0.744 bits per heavy atom. The molecule has 0 spiro atoms. The molecule has 0 saturated carbocycles. The van der Waals surface area contributed by atoms with Crippen LogP contribution in [0.15, 0.2) is 115 Å². The molecule has 0 fully saturated rings. The van der Waals surface area contributed by atoms with Gasteiger partial charge in [0.1, 0.15) is 30.7 Å². The van der Waals surface area contributed by atoms with Crippen molar-refractivity contribution >= 4 is 5.97 Å². The zero-order valence-electron chi connectivity index (χ0n) is 22.8. The molecular weight excluding hydrogens is 488 g/mol. The lowest BCUT2D eigenvalue weighted by molar-refractivity contribution is -0.157. The molecule has 0 aliphatic rings. The molecule has 202 valence electrons. The fourth-order valence-electron chi connectivity index (χ4n) is 4.76. The van der Waals surface area contributed by atoms with Gasteiger partial charge in [0.05, 0.1) is 5.54 Å². The number of rotatable bonds is 11. The van der Waals surface area contributed by atoms with E-state index in [2.05, 4.69) is 41.7 Å². The number of hydrogen-bond donors (Lipinski definition) is 1. The van der Waals surface area contributed by atoms with Crippen LogP contribution in [0, 0.1) is 0 Å². The quantitative estimate of drug-likeness (QED) is 0.172. The first-order valence-electron chi connectivity index (χ1n) is 13.3. The predicted molar refractivity (Wildman–Crippen MR) is 154 cm³/mol. The lowest BCUT2D eigenvalue weighted by atomic mass is 9.76. The Hall–Kier alpha value is -3.96. The first kappa shape index (κ1) is 28.1. The highest BCUT2D eigenvalue weighted by Crippen LogP contribution is 2.37. The second-order valence-corrected chi connectivity index (χ2v) is 10.5. The van der Waals surface area contributed by atoms with Crippen molar-refractivity contribution in [3.63, 3.8) is 0 Å². The summed E-state index contributed by atoms with van der Waals surface area (Å²) in [7, 11) is 0. The van der Waals surface area contributed by atoms with Gasteiger partial charge in [-0.15, -0.1) is 0 Å². The van der Waals surface area contributed by atoms with Crippen LogP contribution in [0.5, 0.6) is 5.75 Å². The van der Waals surface area contributed by atoms with Crippen molar-refractivity contribution in [3.05, 3.63) is 138 Å². The van der Waals surface area contributed by atoms with Crippen LogP contribution in [0.2, 0.25) is 0 Å². The number of carbonyl (C=O) groups excluding carboxylic acids is 1. The van der Waals surface area contributed by atoms with Crippen LogP contribution in [-0.4, -0.2) is 30.9 Å². The SMILES string of the molecule is CC(C)(C)OC(=O)[C@H](Cc1ccc(OCC[18F])cc1)NC(c1ccccc1)(c1ccccc1)c1ccccc1. The molecule has 0 aliphatic carbocycles. The standard InChI is InChI=1S/C34H36FNO3/c1-33(2,3)39-32(37)31(25-26-19-21-30(22-20-26)38-24-23-35)36-34(27-13-7-4-8-14-27,28-15-9-5-10-16-28)29-17-11-6-12-18-29/h4-22,31,36H,23-25H2,1-3H3/t31-/m0/s1/i35-1. The summed E-state index contributed by atoms with van der Waals surface area (Å²) >= 11 is 0. The largest absolute Gasteiger partial charge is 0.491 e. The fourth-order valence-corrected chi connectivity index (χ4v) is 4.76. The van der Waals surface area contributed by atoms with E-state index in [1.54, 1.807) is 12.1 Å². The molecule has 0 aliphatic heterocycles. The highest BCUT2D eigenvalue weighted by Gasteiger charge is 2.40. The summed E-state index contributed by atoms with van der Waals surface area (Å²) in [5, 5.41) is 3.78. The van der Waals surface area contributed by atoms with Crippen LogP contribution in [0.3, 0.4) is 0 Å². The van der Waals surface area contributed by atoms with Gasteiger partial charge in [-0.05, 0) is 61.6 Å². The van der Waals surface area contributed by atoms with Gasteiger partial charge in [-0.1, -0.05) is 103 Å². The zero-order chi connectivity index (χ0) is 27.7. The van der Waals surface area contributed by atoms with Gasteiger partial charge in [0.25, 0.3) is 0 Å². The van der Waals surface area contributed by atoms with Gasteiger partial charge >= 0.3 is 5.97 Å². The van der Waals surface area contributed by atoms with E-state index in [1.807, 2.05) is 87.5 Å². The molecule has 0 heterocycles. The van der Waals surface area contributed by atoms with E-state index in [-0.39, 0.29) is 12.6 Å². The number of nitrogens with one attached hydrogen (secondary N) is 1. The van der Waals surface area contributed by atoms with Gasteiger partial charge in [0, 0.05) is 0 Å². The van der Waals surface area contributed by atoms with Crippen molar-refractivity contribution in [2.45, 2.75) is 44.4 Å². The maximum Gasteiger partial charge on any atom is 0.324 e. The molecule has 0 amide bonds. The van der Waals surface area contributed by atoms with Gasteiger partial charge in [0.2, 0.25) is 0 Å². The summed E-state index contributed by atoms with van der Waals surface area (Å²) in [6.45, 7) is 5.08. The second-order valence-electron chi connectivity index (χ2n) is 10.5. The number of esters is 1. The van der Waals surface area contributed by atoms with Crippen molar-refractivity contribution in [1.82, 2.24) is 5.32 Å². The molecule has 0 aromatic heterocycles. The van der Waals surface area contributed by atoms with Gasteiger partial charge in [-0.25, -0.2) is 4.39 Å². The Morgan fingerprint density at radius 2 is 1.21 bits per heavy atom. The minimum absolute atomic E-state index is 0.00911. The molecule has 4 nitrogen and oxygen atoms in total. The Kier molecular flexibility index (Phi) is 9.15. The molecule has 1 N–H and O–H groups in total. The smallest absolute Gasteiger partial charge is 0.324 e. The van der Waals surface area contributed by atoms with Crippen molar-refractivity contribution in [3.8, 4) is 5.75 Å².